The Kier molecular flexibility index (Phi) is 10.0. The Morgan fingerprint density at radius 2 is 2.00 bits per heavy atom. The normalized spacial score (nSPS) is 23.9. The van der Waals surface area contributed by atoms with Crippen molar-refractivity contribution in [1.29, 1.82) is 0 Å². The van der Waals surface area contributed by atoms with E-state index in [2.05, 4.69) is 10.6 Å². The van der Waals surface area contributed by atoms with Crippen LogP contribution in [0.15, 0.2) is 0 Å². The van der Waals surface area contributed by atoms with Crippen molar-refractivity contribution >= 4 is 18.3 Å². The van der Waals surface area contributed by atoms with Crippen molar-refractivity contribution in [2.75, 3.05) is 32.9 Å². The lowest BCUT2D eigenvalue weighted by Crippen LogP contribution is -2.44. The Hall–Kier alpha value is -0.360. The molecule has 1 heterocycles. The molecule has 1 amide bonds. The summed E-state index contributed by atoms with van der Waals surface area (Å²) in [6.45, 7) is 3.45. The van der Waals surface area contributed by atoms with Crippen LogP contribution in [0.1, 0.15) is 44.9 Å². The van der Waals surface area contributed by atoms with Crippen LogP contribution in [0.25, 0.3) is 0 Å². The van der Waals surface area contributed by atoms with E-state index in [1.807, 2.05) is 0 Å². The van der Waals surface area contributed by atoms with Gasteiger partial charge in [-0.15, -0.1) is 12.4 Å². The van der Waals surface area contributed by atoms with Gasteiger partial charge in [0, 0.05) is 25.6 Å². The van der Waals surface area contributed by atoms with Gasteiger partial charge in [-0.25, -0.2) is 0 Å². The summed E-state index contributed by atoms with van der Waals surface area (Å²) in [6, 6.07) is 0.159. The number of morpholine rings is 1. The zero-order chi connectivity index (χ0) is 14.0. The van der Waals surface area contributed by atoms with Crippen molar-refractivity contribution in [1.82, 2.24) is 10.6 Å². The molecule has 2 rings (SSSR count). The van der Waals surface area contributed by atoms with E-state index in [4.69, 9.17) is 9.47 Å². The molecule has 2 aliphatic rings. The quantitative estimate of drug-likeness (QED) is 0.577. The molecule has 2 fully saturated rings. The average Bonchev–Trinajstić information content (AvgIpc) is 2.73. The fraction of sp³-hybridized carbons (Fsp3) is 0.933. The van der Waals surface area contributed by atoms with Crippen molar-refractivity contribution < 1.29 is 14.3 Å². The molecule has 0 aromatic carbocycles. The number of carbonyl (C=O) groups is 1. The van der Waals surface area contributed by atoms with Gasteiger partial charge in [0.15, 0.2) is 0 Å². The van der Waals surface area contributed by atoms with Gasteiger partial charge in [0.05, 0.1) is 25.9 Å². The molecule has 1 unspecified atom stereocenters. The molecule has 5 nitrogen and oxygen atoms in total. The summed E-state index contributed by atoms with van der Waals surface area (Å²) in [6.07, 6.45) is 8.50. The highest BCUT2D eigenvalue weighted by atomic mass is 35.5. The van der Waals surface area contributed by atoms with Crippen molar-refractivity contribution in [3.63, 3.8) is 0 Å². The molecule has 124 valence electrons. The Balaban J connectivity index is 0.00000220. The number of hydrogen-bond acceptors (Lipinski definition) is 4. The lowest BCUT2D eigenvalue weighted by molar-refractivity contribution is -0.122. The first-order valence-corrected chi connectivity index (χ1v) is 8.04. The molecule has 1 atom stereocenters. The molecule has 0 bridgehead atoms. The lowest BCUT2D eigenvalue weighted by Gasteiger charge is -2.23. The van der Waals surface area contributed by atoms with Gasteiger partial charge in [-0.1, -0.05) is 25.7 Å². The van der Waals surface area contributed by atoms with Gasteiger partial charge in [-0.05, 0) is 12.8 Å². The SMILES string of the molecule is Cl.O=C(CC1COCCN1)NCCOC1CCCCCC1. The predicted molar refractivity (Wildman–Crippen MR) is 84.9 cm³/mol. The maximum Gasteiger partial charge on any atom is 0.221 e. The van der Waals surface area contributed by atoms with Crippen LogP contribution in [0.5, 0.6) is 0 Å². The molecule has 21 heavy (non-hydrogen) atoms. The molecule has 1 saturated heterocycles. The summed E-state index contributed by atoms with van der Waals surface area (Å²) >= 11 is 0. The summed E-state index contributed by atoms with van der Waals surface area (Å²) in [5.41, 5.74) is 0. The zero-order valence-corrected chi connectivity index (χ0v) is 13.6. The van der Waals surface area contributed by atoms with Gasteiger partial charge in [0.1, 0.15) is 0 Å². The highest BCUT2D eigenvalue weighted by molar-refractivity contribution is 5.85. The van der Waals surface area contributed by atoms with E-state index in [0.717, 1.165) is 13.2 Å². The summed E-state index contributed by atoms with van der Waals surface area (Å²) in [5.74, 6) is 0.0810. The second-order valence-corrected chi connectivity index (χ2v) is 5.76. The lowest BCUT2D eigenvalue weighted by atomic mass is 10.1. The van der Waals surface area contributed by atoms with Gasteiger partial charge >= 0.3 is 0 Å². The average molecular weight is 321 g/mol. The van der Waals surface area contributed by atoms with E-state index in [1.165, 1.54) is 38.5 Å². The second kappa shape index (κ2) is 11.2. The summed E-state index contributed by atoms with van der Waals surface area (Å²) in [4.78, 5) is 11.8. The van der Waals surface area contributed by atoms with Crippen LogP contribution in [-0.4, -0.2) is 51.0 Å². The van der Waals surface area contributed by atoms with Crippen molar-refractivity contribution in [3.8, 4) is 0 Å². The molecule has 0 aromatic rings. The first kappa shape index (κ1) is 18.7. The largest absolute Gasteiger partial charge is 0.378 e. The molecule has 6 heteroatoms. The Bertz CT molecular complexity index is 278. The van der Waals surface area contributed by atoms with Crippen LogP contribution in [0.3, 0.4) is 0 Å². The van der Waals surface area contributed by atoms with Crippen LogP contribution in [0.4, 0.5) is 0 Å². The first-order chi connectivity index (χ1) is 9.84. The first-order valence-electron chi connectivity index (χ1n) is 8.04. The van der Waals surface area contributed by atoms with Crippen LogP contribution in [0.2, 0.25) is 0 Å². The van der Waals surface area contributed by atoms with Gasteiger partial charge in [-0.3, -0.25) is 4.79 Å². The van der Waals surface area contributed by atoms with Crippen molar-refractivity contribution in [2.24, 2.45) is 0 Å². The van der Waals surface area contributed by atoms with E-state index in [-0.39, 0.29) is 24.4 Å². The maximum absolute atomic E-state index is 11.8. The number of carbonyl (C=O) groups excluding carboxylic acids is 1. The molecular formula is C15H29ClN2O3. The van der Waals surface area contributed by atoms with Crippen LogP contribution in [-0.2, 0) is 14.3 Å². The minimum Gasteiger partial charge on any atom is -0.378 e. The fourth-order valence-electron chi connectivity index (χ4n) is 2.87. The molecule has 0 aromatic heterocycles. The zero-order valence-electron chi connectivity index (χ0n) is 12.8. The summed E-state index contributed by atoms with van der Waals surface area (Å²) < 4.78 is 11.2. The van der Waals surface area contributed by atoms with Crippen LogP contribution < -0.4 is 10.6 Å². The van der Waals surface area contributed by atoms with Crippen molar-refractivity contribution in [3.05, 3.63) is 0 Å². The maximum atomic E-state index is 11.8. The van der Waals surface area contributed by atoms with E-state index in [1.54, 1.807) is 0 Å². The topological polar surface area (TPSA) is 59.6 Å². The third-order valence-electron chi connectivity index (χ3n) is 4.01. The highest BCUT2D eigenvalue weighted by Crippen LogP contribution is 2.19. The molecule has 2 N–H and O–H groups in total. The smallest absolute Gasteiger partial charge is 0.221 e. The standard InChI is InChI=1S/C15H28N2O3.ClH/c18-15(11-13-12-19-9-7-16-13)17-8-10-20-14-5-3-1-2-4-6-14;/h13-14,16H,1-12H2,(H,17,18);1H. The van der Waals surface area contributed by atoms with Gasteiger partial charge in [0.25, 0.3) is 0 Å². The third kappa shape index (κ3) is 8.00. The third-order valence-corrected chi connectivity index (χ3v) is 4.01. The van der Waals surface area contributed by atoms with Crippen molar-refractivity contribution in [2.45, 2.75) is 57.1 Å². The molecular weight excluding hydrogens is 292 g/mol. The number of hydrogen-bond donors (Lipinski definition) is 2. The molecule has 1 saturated carbocycles. The molecule has 1 aliphatic carbocycles. The van der Waals surface area contributed by atoms with E-state index in [0.29, 0.717) is 32.3 Å². The Morgan fingerprint density at radius 1 is 1.24 bits per heavy atom. The highest BCUT2D eigenvalue weighted by Gasteiger charge is 2.16. The second-order valence-electron chi connectivity index (χ2n) is 5.76. The fourth-order valence-corrected chi connectivity index (χ4v) is 2.87. The van der Waals surface area contributed by atoms with Gasteiger partial charge in [0.2, 0.25) is 5.91 Å². The Morgan fingerprint density at radius 3 is 2.67 bits per heavy atom. The molecule has 1 aliphatic heterocycles. The number of nitrogens with one attached hydrogen (secondary N) is 2. The predicted octanol–water partition coefficient (Wildman–Crippen LogP) is 1.64. The number of amides is 1. The minimum atomic E-state index is 0. The Labute approximate surface area is 133 Å². The monoisotopic (exact) mass is 320 g/mol. The van der Waals surface area contributed by atoms with E-state index >= 15 is 0 Å². The molecule has 0 spiro atoms. The minimum absolute atomic E-state index is 0. The number of ether oxygens (including phenoxy) is 2. The van der Waals surface area contributed by atoms with Crippen LogP contribution in [0, 0.1) is 0 Å². The van der Waals surface area contributed by atoms with E-state index < -0.39 is 0 Å². The van der Waals surface area contributed by atoms with E-state index in [9.17, 15) is 4.79 Å². The molecule has 0 radical (unpaired) electrons. The summed E-state index contributed by atoms with van der Waals surface area (Å²) in [5, 5.41) is 6.21. The van der Waals surface area contributed by atoms with Gasteiger partial charge in [-0.2, -0.15) is 0 Å². The number of halogens is 1. The van der Waals surface area contributed by atoms with Gasteiger partial charge < -0.3 is 20.1 Å². The number of rotatable bonds is 6. The summed E-state index contributed by atoms with van der Waals surface area (Å²) in [7, 11) is 0. The van der Waals surface area contributed by atoms with Crippen LogP contribution >= 0.6 is 12.4 Å².